The summed E-state index contributed by atoms with van der Waals surface area (Å²) in [6.45, 7) is 6.12. The van der Waals surface area contributed by atoms with Crippen molar-refractivity contribution in [3.8, 4) is 0 Å². The van der Waals surface area contributed by atoms with Crippen molar-refractivity contribution in [3.63, 3.8) is 0 Å². The Morgan fingerprint density at radius 1 is 1.29 bits per heavy atom. The Morgan fingerprint density at radius 2 is 2.00 bits per heavy atom. The van der Waals surface area contributed by atoms with Crippen LogP contribution in [0.15, 0.2) is 30.5 Å². The SMILES string of the molecule is CC(C)(C)N1C(=O)N(c2ccc(F)c(N)c2)Cc2cnc(Cl)cc21. The summed E-state index contributed by atoms with van der Waals surface area (Å²) in [5, 5.41) is 0.329. The average molecular weight is 349 g/mol. The summed E-state index contributed by atoms with van der Waals surface area (Å²) < 4.78 is 13.4. The van der Waals surface area contributed by atoms with Crippen LogP contribution in [0.3, 0.4) is 0 Å². The molecule has 2 amide bonds. The second-order valence-electron chi connectivity index (χ2n) is 6.72. The van der Waals surface area contributed by atoms with Crippen LogP contribution in [0.4, 0.5) is 26.2 Å². The van der Waals surface area contributed by atoms with E-state index in [1.807, 2.05) is 20.8 Å². The smallest absolute Gasteiger partial charge is 0.329 e. The van der Waals surface area contributed by atoms with Gasteiger partial charge in [0.25, 0.3) is 0 Å². The van der Waals surface area contributed by atoms with Crippen molar-refractivity contribution in [2.75, 3.05) is 15.5 Å². The Bertz CT molecular complexity index is 819. The molecule has 24 heavy (non-hydrogen) atoms. The molecule has 2 N–H and O–H groups in total. The molecule has 0 saturated carbocycles. The number of aromatic nitrogens is 1. The Hall–Kier alpha value is -2.34. The second kappa shape index (κ2) is 5.63. The predicted molar refractivity (Wildman–Crippen MR) is 93.9 cm³/mol. The summed E-state index contributed by atoms with van der Waals surface area (Å²) in [7, 11) is 0. The maximum absolute atomic E-state index is 13.4. The number of urea groups is 1. The van der Waals surface area contributed by atoms with Gasteiger partial charge in [-0.05, 0) is 45.0 Å². The maximum atomic E-state index is 13.4. The largest absolute Gasteiger partial charge is 0.396 e. The molecular formula is C17H18ClFN4O. The first-order chi connectivity index (χ1) is 11.2. The number of halogens is 2. The Kier molecular flexibility index (Phi) is 3.87. The molecule has 126 valence electrons. The molecule has 3 rings (SSSR count). The Balaban J connectivity index is 2.13. The zero-order valence-corrected chi connectivity index (χ0v) is 14.4. The Labute approximate surface area is 144 Å². The minimum absolute atomic E-state index is 0.00244. The van der Waals surface area contributed by atoms with Crippen LogP contribution in [0.1, 0.15) is 26.3 Å². The highest BCUT2D eigenvalue weighted by molar-refractivity contribution is 6.29. The Morgan fingerprint density at radius 3 is 2.62 bits per heavy atom. The van der Waals surface area contributed by atoms with Gasteiger partial charge in [0.2, 0.25) is 0 Å². The molecule has 2 aromatic rings. The van der Waals surface area contributed by atoms with E-state index in [1.165, 1.54) is 12.1 Å². The first-order valence-electron chi connectivity index (χ1n) is 7.49. The molecule has 0 spiro atoms. The fraction of sp³-hybridized carbons (Fsp3) is 0.294. The van der Waals surface area contributed by atoms with Crippen LogP contribution in [-0.4, -0.2) is 16.6 Å². The summed E-state index contributed by atoms with van der Waals surface area (Å²) in [6, 6.07) is 5.73. The van der Waals surface area contributed by atoms with Gasteiger partial charge in [0.15, 0.2) is 0 Å². The highest BCUT2D eigenvalue weighted by Crippen LogP contribution is 2.37. The molecule has 0 bridgehead atoms. The summed E-state index contributed by atoms with van der Waals surface area (Å²) in [5.41, 5.74) is 7.31. The lowest BCUT2D eigenvalue weighted by Crippen LogP contribution is -2.55. The topological polar surface area (TPSA) is 62.5 Å². The number of fused-ring (bicyclic) bond motifs is 1. The van der Waals surface area contributed by atoms with E-state index in [-0.39, 0.29) is 11.7 Å². The van der Waals surface area contributed by atoms with Crippen molar-refractivity contribution in [1.29, 1.82) is 0 Å². The van der Waals surface area contributed by atoms with E-state index in [1.54, 1.807) is 28.1 Å². The number of carbonyl (C=O) groups is 1. The van der Waals surface area contributed by atoms with E-state index >= 15 is 0 Å². The maximum Gasteiger partial charge on any atom is 0.329 e. The van der Waals surface area contributed by atoms with Gasteiger partial charge in [0.05, 0.1) is 17.9 Å². The second-order valence-corrected chi connectivity index (χ2v) is 7.10. The molecule has 0 atom stereocenters. The van der Waals surface area contributed by atoms with E-state index in [0.717, 1.165) is 11.3 Å². The van der Waals surface area contributed by atoms with Crippen LogP contribution in [0.25, 0.3) is 0 Å². The van der Waals surface area contributed by atoms with Gasteiger partial charge in [-0.1, -0.05) is 11.6 Å². The number of hydrogen-bond acceptors (Lipinski definition) is 3. The molecule has 0 saturated heterocycles. The van der Waals surface area contributed by atoms with Crippen LogP contribution in [0, 0.1) is 5.82 Å². The highest BCUT2D eigenvalue weighted by atomic mass is 35.5. The first kappa shape index (κ1) is 16.5. The molecule has 7 heteroatoms. The van der Waals surface area contributed by atoms with Gasteiger partial charge in [-0.15, -0.1) is 0 Å². The van der Waals surface area contributed by atoms with Crippen molar-refractivity contribution >= 4 is 34.7 Å². The van der Waals surface area contributed by atoms with Crippen LogP contribution in [0.5, 0.6) is 0 Å². The third-order valence-electron chi connectivity index (χ3n) is 3.88. The summed E-state index contributed by atoms with van der Waals surface area (Å²) in [5.74, 6) is -0.510. The van der Waals surface area contributed by atoms with Crippen molar-refractivity contribution in [2.24, 2.45) is 0 Å². The molecule has 1 aromatic carbocycles. The number of pyridine rings is 1. The minimum atomic E-state index is -0.510. The number of nitrogens with zero attached hydrogens (tertiary/aromatic N) is 3. The highest BCUT2D eigenvalue weighted by Gasteiger charge is 2.38. The number of hydrogen-bond donors (Lipinski definition) is 1. The van der Waals surface area contributed by atoms with Crippen molar-refractivity contribution < 1.29 is 9.18 Å². The minimum Gasteiger partial charge on any atom is -0.396 e. The van der Waals surface area contributed by atoms with Crippen LogP contribution in [-0.2, 0) is 6.54 Å². The molecule has 5 nitrogen and oxygen atoms in total. The summed E-state index contributed by atoms with van der Waals surface area (Å²) >= 11 is 6.01. The van der Waals surface area contributed by atoms with Gasteiger partial charge < -0.3 is 5.73 Å². The number of anilines is 3. The number of carbonyl (C=O) groups excluding carboxylic acids is 1. The van der Waals surface area contributed by atoms with Crippen molar-refractivity contribution in [3.05, 3.63) is 47.0 Å². The lowest BCUT2D eigenvalue weighted by atomic mass is 10.0. The molecule has 0 unspecified atom stereocenters. The number of amides is 2. The van der Waals surface area contributed by atoms with E-state index < -0.39 is 11.4 Å². The zero-order valence-electron chi connectivity index (χ0n) is 13.7. The van der Waals surface area contributed by atoms with E-state index in [2.05, 4.69) is 4.98 Å². The van der Waals surface area contributed by atoms with Gasteiger partial charge in [-0.2, -0.15) is 0 Å². The zero-order chi connectivity index (χ0) is 17.6. The van der Waals surface area contributed by atoms with Gasteiger partial charge in [0.1, 0.15) is 11.0 Å². The fourth-order valence-electron chi connectivity index (χ4n) is 2.79. The molecule has 1 aliphatic heterocycles. The lowest BCUT2D eigenvalue weighted by molar-refractivity contribution is 0.244. The number of nitrogens with two attached hydrogens (primary N) is 1. The normalized spacial score (nSPS) is 14.8. The van der Waals surface area contributed by atoms with E-state index in [9.17, 15) is 9.18 Å². The third kappa shape index (κ3) is 2.78. The molecule has 0 aliphatic carbocycles. The van der Waals surface area contributed by atoms with Crippen LogP contribution >= 0.6 is 11.6 Å². The third-order valence-corrected chi connectivity index (χ3v) is 4.09. The van der Waals surface area contributed by atoms with Gasteiger partial charge >= 0.3 is 6.03 Å². The summed E-state index contributed by atoms with van der Waals surface area (Å²) in [6.07, 6.45) is 1.66. The standard InChI is InChI=1S/C17H18ClFN4O/c1-17(2,3)23-14-7-15(18)21-8-10(14)9-22(16(23)24)11-4-5-12(19)13(20)6-11/h4-8H,9,20H2,1-3H3. The predicted octanol–water partition coefficient (Wildman–Crippen LogP) is 4.20. The van der Waals surface area contributed by atoms with Crippen molar-refractivity contribution in [2.45, 2.75) is 32.9 Å². The van der Waals surface area contributed by atoms with Crippen LogP contribution in [0.2, 0.25) is 5.15 Å². The van der Waals surface area contributed by atoms with E-state index in [0.29, 0.717) is 17.4 Å². The molecule has 2 heterocycles. The molecule has 1 aromatic heterocycles. The number of rotatable bonds is 1. The van der Waals surface area contributed by atoms with E-state index in [4.69, 9.17) is 17.3 Å². The summed E-state index contributed by atoms with van der Waals surface area (Å²) in [4.78, 5) is 20.4. The first-order valence-corrected chi connectivity index (χ1v) is 7.87. The monoisotopic (exact) mass is 348 g/mol. The average Bonchev–Trinajstić information content (AvgIpc) is 2.48. The van der Waals surface area contributed by atoms with Crippen LogP contribution < -0.4 is 15.5 Å². The molecule has 0 fully saturated rings. The number of benzene rings is 1. The van der Waals surface area contributed by atoms with Crippen molar-refractivity contribution in [1.82, 2.24) is 4.98 Å². The quantitative estimate of drug-likeness (QED) is 0.620. The molecule has 1 aliphatic rings. The van der Waals surface area contributed by atoms with Gasteiger partial charge in [-0.3, -0.25) is 9.80 Å². The van der Waals surface area contributed by atoms with Gasteiger partial charge in [-0.25, -0.2) is 14.2 Å². The lowest BCUT2D eigenvalue weighted by Gasteiger charge is -2.43. The fourth-order valence-corrected chi connectivity index (χ4v) is 2.94. The van der Waals surface area contributed by atoms with Gasteiger partial charge in [0, 0.05) is 23.0 Å². The molecular weight excluding hydrogens is 331 g/mol. The molecule has 0 radical (unpaired) electrons. The number of nitrogen functional groups attached to an aromatic ring is 1.